The number of hydrogen-bond donors (Lipinski definition) is 5. The summed E-state index contributed by atoms with van der Waals surface area (Å²) < 4.78 is 32.5. The lowest BCUT2D eigenvalue weighted by molar-refractivity contribution is -0.139. The van der Waals surface area contributed by atoms with Crippen LogP contribution in [0.15, 0.2) is 38.2 Å². The number of aliphatic hydroxyl groups excluding tert-OH is 5. The summed E-state index contributed by atoms with van der Waals surface area (Å²) in [5.74, 6) is -0.490. The van der Waals surface area contributed by atoms with Crippen molar-refractivity contribution in [2.75, 3.05) is 92.7 Å². The second-order valence-corrected chi connectivity index (χ2v) is 9.12. The molecule has 12 nitrogen and oxygen atoms in total. The van der Waals surface area contributed by atoms with Gasteiger partial charge in [-0.1, -0.05) is 25.7 Å². The van der Waals surface area contributed by atoms with Gasteiger partial charge in [0.2, 0.25) is 0 Å². The fourth-order valence-electron chi connectivity index (χ4n) is 3.80. The van der Waals surface area contributed by atoms with Gasteiger partial charge in [-0.05, 0) is 6.42 Å². The fourth-order valence-corrected chi connectivity index (χ4v) is 3.80. The second kappa shape index (κ2) is 24.4. The molecule has 230 valence electrons. The minimum Gasteiger partial charge on any atom is -0.476 e. The number of aliphatic hydroxyl groups is 5. The highest BCUT2D eigenvalue weighted by Crippen LogP contribution is 2.33. The summed E-state index contributed by atoms with van der Waals surface area (Å²) >= 11 is 0. The summed E-state index contributed by atoms with van der Waals surface area (Å²) in [6.07, 6.45) is 2.09. The van der Waals surface area contributed by atoms with E-state index in [1.54, 1.807) is 17.1 Å². The predicted octanol–water partition coefficient (Wildman–Crippen LogP) is -0.102. The van der Waals surface area contributed by atoms with Gasteiger partial charge in [0.1, 0.15) is 12.9 Å². The third-order valence-electron chi connectivity index (χ3n) is 6.03. The van der Waals surface area contributed by atoms with E-state index in [9.17, 15) is 25.5 Å². The summed E-state index contributed by atoms with van der Waals surface area (Å²) in [6, 6.07) is 0. The molecule has 0 aliphatic rings. The molecule has 0 saturated heterocycles. The topological polar surface area (TPSA) is 160 Å². The third-order valence-corrected chi connectivity index (χ3v) is 6.03. The van der Waals surface area contributed by atoms with Crippen molar-refractivity contribution in [1.29, 1.82) is 0 Å². The van der Waals surface area contributed by atoms with Crippen LogP contribution >= 0.6 is 0 Å². The number of hydrogen-bond acceptors (Lipinski definition) is 12. The average molecular weight is 566 g/mol. The van der Waals surface area contributed by atoms with E-state index in [4.69, 9.17) is 28.4 Å². The maximum Gasteiger partial charge on any atom is 0.188 e. The zero-order valence-corrected chi connectivity index (χ0v) is 23.4. The van der Waals surface area contributed by atoms with E-state index in [2.05, 4.69) is 19.7 Å². The molecule has 0 amide bonds. The lowest BCUT2D eigenvalue weighted by atomic mass is 9.75. The lowest BCUT2D eigenvalue weighted by Crippen LogP contribution is -2.48. The number of rotatable bonds is 29. The molecule has 0 aromatic rings. The highest BCUT2D eigenvalue weighted by molar-refractivity contribution is 4.96. The Morgan fingerprint density at radius 1 is 0.795 bits per heavy atom. The van der Waals surface area contributed by atoms with Gasteiger partial charge in [-0.15, -0.1) is 13.2 Å². The fraction of sp³-hybridized carbons (Fsp3) is 0.778. The molecule has 12 heteroatoms. The van der Waals surface area contributed by atoms with Crippen molar-refractivity contribution in [3.05, 3.63) is 38.2 Å². The Bertz CT molecular complexity index is 606. The molecule has 39 heavy (non-hydrogen) atoms. The molecule has 0 aromatic carbocycles. The third kappa shape index (κ3) is 17.1. The van der Waals surface area contributed by atoms with Gasteiger partial charge in [0.15, 0.2) is 6.79 Å². The van der Waals surface area contributed by atoms with Gasteiger partial charge < -0.3 is 54.0 Å². The normalized spacial score (nSPS) is 16.3. The van der Waals surface area contributed by atoms with Gasteiger partial charge >= 0.3 is 0 Å². The summed E-state index contributed by atoms with van der Waals surface area (Å²) in [4.78, 5) is 1.72. The summed E-state index contributed by atoms with van der Waals surface area (Å²) in [7, 11) is 0. The molecule has 0 aromatic heterocycles. The van der Waals surface area contributed by atoms with Crippen molar-refractivity contribution in [3.63, 3.8) is 0 Å². The van der Waals surface area contributed by atoms with Crippen molar-refractivity contribution in [2.24, 2.45) is 11.3 Å². The molecule has 0 aliphatic carbocycles. The molecular weight excluding hydrogens is 514 g/mol. The van der Waals surface area contributed by atoms with E-state index < -0.39 is 29.6 Å². The van der Waals surface area contributed by atoms with Gasteiger partial charge in [-0.3, -0.25) is 4.90 Å². The van der Waals surface area contributed by atoms with Crippen LogP contribution in [0.25, 0.3) is 0 Å². The standard InChI is InChI=1S/C27H51NO11/c1-5-13-35-22-39-18-25(32)17-37-20-27(7-3,26(33)23(6-2)15-38-21-34-8-4)19-36-16-24(31)14-28(9-11-29)10-12-30/h5-6,8,23-26,29-33H,1-2,4,7,9-22H2,3H3. The van der Waals surface area contributed by atoms with Crippen LogP contribution in [0.1, 0.15) is 13.3 Å². The minimum absolute atomic E-state index is 0.00607. The Labute approximate surface area is 233 Å². The Morgan fingerprint density at radius 2 is 1.38 bits per heavy atom. The Balaban J connectivity index is 5.23. The van der Waals surface area contributed by atoms with Crippen LogP contribution in [0.2, 0.25) is 0 Å². The van der Waals surface area contributed by atoms with Crippen LogP contribution < -0.4 is 0 Å². The van der Waals surface area contributed by atoms with Crippen LogP contribution in [0, 0.1) is 11.3 Å². The molecule has 0 saturated carbocycles. The van der Waals surface area contributed by atoms with Gasteiger partial charge in [-0.25, -0.2) is 0 Å². The molecule has 0 aliphatic heterocycles. The first-order valence-electron chi connectivity index (χ1n) is 13.2. The van der Waals surface area contributed by atoms with Crippen molar-refractivity contribution < 1.29 is 54.0 Å². The van der Waals surface area contributed by atoms with Crippen molar-refractivity contribution >= 4 is 0 Å². The average Bonchev–Trinajstić information content (AvgIpc) is 2.92. The highest BCUT2D eigenvalue weighted by atomic mass is 16.7. The second-order valence-electron chi connectivity index (χ2n) is 9.12. The summed E-state index contributed by atoms with van der Waals surface area (Å²) in [6.45, 7) is 13.8. The molecule has 0 spiro atoms. The van der Waals surface area contributed by atoms with E-state index in [-0.39, 0.29) is 73.0 Å². The van der Waals surface area contributed by atoms with Gasteiger partial charge in [0.05, 0.1) is 77.9 Å². The van der Waals surface area contributed by atoms with E-state index >= 15 is 0 Å². The van der Waals surface area contributed by atoms with E-state index in [0.29, 0.717) is 26.1 Å². The van der Waals surface area contributed by atoms with Gasteiger partial charge in [0.25, 0.3) is 0 Å². The smallest absolute Gasteiger partial charge is 0.188 e. The largest absolute Gasteiger partial charge is 0.476 e. The molecule has 0 radical (unpaired) electrons. The summed E-state index contributed by atoms with van der Waals surface area (Å²) in [5.41, 5.74) is -0.926. The zero-order valence-electron chi connectivity index (χ0n) is 23.4. The molecule has 0 rings (SSSR count). The first kappa shape index (κ1) is 37.6. The molecule has 5 unspecified atom stereocenters. The first-order valence-corrected chi connectivity index (χ1v) is 13.2. The van der Waals surface area contributed by atoms with Crippen LogP contribution in [-0.4, -0.2) is 141 Å². The Morgan fingerprint density at radius 3 is 1.92 bits per heavy atom. The maximum absolute atomic E-state index is 11.4. The van der Waals surface area contributed by atoms with E-state index in [0.717, 1.165) is 0 Å². The van der Waals surface area contributed by atoms with E-state index in [1.807, 2.05) is 6.92 Å². The maximum atomic E-state index is 11.4. The lowest BCUT2D eigenvalue weighted by Gasteiger charge is -2.40. The van der Waals surface area contributed by atoms with E-state index in [1.165, 1.54) is 6.26 Å². The number of nitrogens with zero attached hydrogens (tertiary/aromatic N) is 1. The number of ether oxygens (including phenoxy) is 6. The van der Waals surface area contributed by atoms with Gasteiger partial charge in [0, 0.05) is 31.0 Å². The SMILES string of the molecule is C=CCOCOCC(O)COCC(CC)(COCC(O)CN(CCO)CCO)C(O)C(C=C)COCOC=C. The van der Waals surface area contributed by atoms with Crippen molar-refractivity contribution in [2.45, 2.75) is 31.7 Å². The predicted molar refractivity (Wildman–Crippen MR) is 146 cm³/mol. The summed E-state index contributed by atoms with van der Waals surface area (Å²) in [5, 5.41) is 50.4. The Kier molecular flexibility index (Phi) is 23.5. The van der Waals surface area contributed by atoms with Crippen LogP contribution in [0.5, 0.6) is 0 Å². The molecule has 0 heterocycles. The molecule has 0 bridgehead atoms. The quantitative estimate of drug-likeness (QED) is 0.0355. The molecular formula is C27H51NO11. The van der Waals surface area contributed by atoms with Crippen LogP contribution in [0.4, 0.5) is 0 Å². The van der Waals surface area contributed by atoms with Crippen molar-refractivity contribution in [1.82, 2.24) is 4.90 Å². The van der Waals surface area contributed by atoms with Crippen molar-refractivity contribution in [3.8, 4) is 0 Å². The minimum atomic E-state index is -0.998. The molecule has 5 atom stereocenters. The monoisotopic (exact) mass is 565 g/mol. The first-order chi connectivity index (χ1) is 18.8. The molecule has 5 N–H and O–H groups in total. The zero-order chi connectivity index (χ0) is 29.4. The van der Waals surface area contributed by atoms with Crippen LogP contribution in [0.3, 0.4) is 0 Å². The molecule has 0 fully saturated rings. The highest BCUT2D eigenvalue weighted by Gasteiger charge is 2.41. The van der Waals surface area contributed by atoms with Crippen LogP contribution in [-0.2, 0) is 28.4 Å². The Hall–Kier alpha value is -1.42. The van der Waals surface area contributed by atoms with Gasteiger partial charge in [-0.2, -0.15) is 0 Å².